The zero-order chi connectivity index (χ0) is 12.7. The van der Waals surface area contributed by atoms with Gasteiger partial charge in [0.1, 0.15) is 5.76 Å². The number of pyridine rings is 1. The smallest absolute Gasteiger partial charge is 0.271 e. The van der Waals surface area contributed by atoms with E-state index >= 15 is 0 Å². The average molecular weight is 243 g/mol. The molecule has 2 aromatic rings. The second kappa shape index (κ2) is 3.89. The number of aliphatic hydroxyl groups excluding tert-OH is 1. The fourth-order valence-electron chi connectivity index (χ4n) is 2.17. The van der Waals surface area contributed by atoms with E-state index in [1.165, 1.54) is 6.07 Å². The van der Waals surface area contributed by atoms with Crippen molar-refractivity contribution in [2.45, 2.75) is 0 Å². The van der Waals surface area contributed by atoms with Gasteiger partial charge in [0.05, 0.1) is 18.3 Å². The minimum Gasteiger partial charge on any atom is -0.509 e. The van der Waals surface area contributed by atoms with Gasteiger partial charge in [0, 0.05) is 18.5 Å². The second-order valence-corrected chi connectivity index (χ2v) is 4.30. The predicted octanol–water partition coefficient (Wildman–Crippen LogP) is 1.20. The summed E-state index contributed by atoms with van der Waals surface area (Å²) < 4.78 is 1.54. The van der Waals surface area contributed by atoms with Gasteiger partial charge in [0.2, 0.25) is 0 Å². The van der Waals surface area contributed by atoms with Gasteiger partial charge in [-0.1, -0.05) is 18.2 Å². The topological polar surface area (TPSA) is 48.7 Å². The molecule has 0 spiro atoms. The maximum absolute atomic E-state index is 12.1. The third kappa shape index (κ3) is 1.56. The Morgan fingerprint density at radius 3 is 2.67 bits per heavy atom. The van der Waals surface area contributed by atoms with Gasteiger partial charge < -0.3 is 5.11 Å². The average Bonchev–Trinajstić information content (AvgIpc) is 2.68. The van der Waals surface area contributed by atoms with E-state index in [-0.39, 0.29) is 11.3 Å². The van der Waals surface area contributed by atoms with E-state index in [0.717, 1.165) is 10.9 Å². The van der Waals surface area contributed by atoms with Crippen LogP contribution in [0.2, 0.25) is 0 Å². The number of aliphatic hydroxyl groups is 1. The van der Waals surface area contributed by atoms with Crippen LogP contribution in [-0.2, 0) is 0 Å². The number of benzene rings is 1. The number of hydrazine groups is 1. The molecule has 92 valence electrons. The lowest BCUT2D eigenvalue weighted by atomic mass is 10.2. The molecule has 2 heterocycles. The maximum atomic E-state index is 12.1. The zero-order valence-corrected chi connectivity index (χ0v) is 9.95. The van der Waals surface area contributed by atoms with Crippen LogP contribution < -0.4 is 10.7 Å². The standard InChI is InChI=1S/C13H13N3O2/c1-14-8-11(17)9-15(14)16-12-5-3-2-4-10(12)6-7-13(16)18/h2-7,9,17H,8H2,1H3. The molecule has 0 atom stereocenters. The monoisotopic (exact) mass is 243 g/mol. The van der Waals surface area contributed by atoms with Crippen LogP contribution in [0.5, 0.6) is 0 Å². The molecule has 0 unspecified atom stereocenters. The Labute approximate surface area is 104 Å². The molecule has 5 heteroatoms. The molecule has 0 saturated carbocycles. The lowest BCUT2D eigenvalue weighted by Crippen LogP contribution is -2.45. The number of rotatable bonds is 1. The van der Waals surface area contributed by atoms with Gasteiger partial charge in [-0.05, 0) is 12.1 Å². The summed E-state index contributed by atoms with van der Waals surface area (Å²) in [5.41, 5.74) is 0.675. The number of para-hydroxylation sites is 1. The van der Waals surface area contributed by atoms with Crippen LogP contribution in [0.1, 0.15) is 0 Å². The van der Waals surface area contributed by atoms with Crippen LogP contribution in [0.25, 0.3) is 10.9 Å². The molecule has 5 nitrogen and oxygen atoms in total. The second-order valence-electron chi connectivity index (χ2n) is 4.30. The molecule has 1 N–H and O–H groups in total. The zero-order valence-electron chi connectivity index (χ0n) is 9.95. The first-order valence-electron chi connectivity index (χ1n) is 5.68. The summed E-state index contributed by atoms with van der Waals surface area (Å²) in [5, 5.41) is 13.9. The number of likely N-dealkylation sites (N-methyl/N-ethyl adjacent to an activating group) is 1. The maximum Gasteiger partial charge on any atom is 0.271 e. The van der Waals surface area contributed by atoms with Crippen LogP contribution in [0.15, 0.2) is 53.2 Å². The van der Waals surface area contributed by atoms with Crippen molar-refractivity contribution in [3.8, 4) is 0 Å². The number of hydrogen-bond donors (Lipinski definition) is 1. The first kappa shape index (κ1) is 10.9. The van der Waals surface area contributed by atoms with Crippen molar-refractivity contribution in [1.82, 2.24) is 9.69 Å². The summed E-state index contributed by atoms with van der Waals surface area (Å²) in [7, 11) is 1.81. The summed E-state index contributed by atoms with van der Waals surface area (Å²) in [6.45, 7) is 0.398. The number of nitrogens with zero attached hydrogens (tertiary/aromatic N) is 3. The Morgan fingerprint density at radius 2 is 1.94 bits per heavy atom. The summed E-state index contributed by atoms with van der Waals surface area (Å²) in [4.78, 5) is 12.1. The van der Waals surface area contributed by atoms with E-state index in [4.69, 9.17) is 0 Å². The van der Waals surface area contributed by atoms with Crippen molar-refractivity contribution in [3.05, 3.63) is 58.7 Å². The van der Waals surface area contributed by atoms with Gasteiger partial charge >= 0.3 is 0 Å². The Morgan fingerprint density at radius 1 is 1.17 bits per heavy atom. The summed E-state index contributed by atoms with van der Waals surface area (Å²) in [5.74, 6) is 0.234. The highest BCUT2D eigenvalue weighted by Gasteiger charge is 2.21. The van der Waals surface area contributed by atoms with Crippen molar-refractivity contribution >= 4 is 10.9 Å². The van der Waals surface area contributed by atoms with Crippen LogP contribution >= 0.6 is 0 Å². The lowest BCUT2D eigenvalue weighted by Gasteiger charge is -2.27. The molecule has 0 bridgehead atoms. The minimum absolute atomic E-state index is 0.133. The molecule has 1 aromatic carbocycles. The molecule has 0 radical (unpaired) electrons. The molecule has 18 heavy (non-hydrogen) atoms. The number of fused-ring (bicyclic) bond motifs is 1. The third-order valence-electron chi connectivity index (χ3n) is 2.99. The SMILES string of the molecule is CN1CC(O)=CN1n1c(=O)ccc2ccccc21. The molecule has 0 saturated heterocycles. The minimum atomic E-state index is -0.133. The van der Waals surface area contributed by atoms with Crippen molar-refractivity contribution < 1.29 is 5.11 Å². The van der Waals surface area contributed by atoms with Crippen LogP contribution in [0.4, 0.5) is 0 Å². The molecular weight excluding hydrogens is 230 g/mol. The van der Waals surface area contributed by atoms with E-state index in [2.05, 4.69) is 0 Å². The molecule has 1 aromatic heterocycles. The van der Waals surface area contributed by atoms with Gasteiger partial charge in [0.15, 0.2) is 0 Å². The fourth-order valence-corrected chi connectivity index (χ4v) is 2.17. The Balaban J connectivity index is 2.28. The van der Waals surface area contributed by atoms with E-state index in [1.54, 1.807) is 27.1 Å². The van der Waals surface area contributed by atoms with E-state index in [1.807, 2.05) is 31.3 Å². The van der Waals surface area contributed by atoms with Crippen molar-refractivity contribution in [2.75, 3.05) is 18.7 Å². The third-order valence-corrected chi connectivity index (χ3v) is 2.99. The molecule has 0 amide bonds. The van der Waals surface area contributed by atoms with Gasteiger partial charge in [-0.15, -0.1) is 0 Å². The quantitative estimate of drug-likeness (QED) is 0.817. The lowest BCUT2D eigenvalue weighted by molar-refractivity contribution is 0.288. The van der Waals surface area contributed by atoms with Crippen molar-refractivity contribution in [2.24, 2.45) is 0 Å². The molecule has 0 fully saturated rings. The fraction of sp³-hybridized carbons (Fsp3) is 0.154. The highest BCUT2D eigenvalue weighted by Crippen LogP contribution is 2.15. The Kier molecular flexibility index (Phi) is 2.34. The largest absolute Gasteiger partial charge is 0.509 e. The molecule has 3 rings (SSSR count). The van der Waals surface area contributed by atoms with Gasteiger partial charge in [-0.2, -0.15) is 5.01 Å². The van der Waals surface area contributed by atoms with E-state index in [9.17, 15) is 9.90 Å². The van der Waals surface area contributed by atoms with E-state index < -0.39 is 0 Å². The number of hydrogen-bond acceptors (Lipinski definition) is 4. The predicted molar refractivity (Wildman–Crippen MR) is 69.8 cm³/mol. The van der Waals surface area contributed by atoms with Crippen molar-refractivity contribution in [1.29, 1.82) is 0 Å². The first-order chi connectivity index (χ1) is 8.66. The number of aromatic nitrogens is 1. The van der Waals surface area contributed by atoms with Crippen LogP contribution in [-0.4, -0.2) is 28.4 Å². The Hall–Kier alpha value is -2.27. The molecule has 1 aliphatic rings. The summed E-state index contributed by atoms with van der Waals surface area (Å²) in [6.07, 6.45) is 1.55. The Bertz CT molecular complexity index is 690. The molecular formula is C13H13N3O2. The van der Waals surface area contributed by atoms with E-state index in [0.29, 0.717) is 6.54 Å². The summed E-state index contributed by atoms with van der Waals surface area (Å²) in [6, 6.07) is 11.0. The van der Waals surface area contributed by atoms with Crippen LogP contribution in [0.3, 0.4) is 0 Å². The van der Waals surface area contributed by atoms with Crippen molar-refractivity contribution in [3.63, 3.8) is 0 Å². The first-order valence-corrected chi connectivity index (χ1v) is 5.68. The molecule has 0 aliphatic carbocycles. The van der Waals surface area contributed by atoms with Gasteiger partial charge in [0.25, 0.3) is 5.56 Å². The highest BCUT2D eigenvalue weighted by atomic mass is 16.3. The van der Waals surface area contributed by atoms with Gasteiger partial charge in [-0.25, -0.2) is 9.79 Å². The summed E-state index contributed by atoms with van der Waals surface area (Å²) >= 11 is 0. The van der Waals surface area contributed by atoms with Gasteiger partial charge in [-0.3, -0.25) is 4.79 Å². The highest BCUT2D eigenvalue weighted by molar-refractivity contribution is 5.79. The normalized spacial score (nSPS) is 16.3. The van der Waals surface area contributed by atoms with Crippen LogP contribution in [0, 0.1) is 0 Å². The molecule has 1 aliphatic heterocycles.